The highest BCUT2D eigenvalue weighted by atomic mass is 16.5. The van der Waals surface area contributed by atoms with Gasteiger partial charge in [-0.05, 0) is 37.8 Å². The zero-order valence-corrected chi connectivity index (χ0v) is 13.7. The van der Waals surface area contributed by atoms with Gasteiger partial charge in [0.05, 0.1) is 6.10 Å². The van der Waals surface area contributed by atoms with Crippen LogP contribution in [0.2, 0.25) is 0 Å². The van der Waals surface area contributed by atoms with Crippen LogP contribution in [0.1, 0.15) is 50.0 Å². The van der Waals surface area contributed by atoms with Gasteiger partial charge in [-0.2, -0.15) is 0 Å². The molecule has 0 saturated carbocycles. The van der Waals surface area contributed by atoms with Gasteiger partial charge in [-0.1, -0.05) is 13.8 Å². The summed E-state index contributed by atoms with van der Waals surface area (Å²) in [6, 6.07) is 3.86. The minimum absolute atomic E-state index is 0.120. The number of carbonyl (C=O) groups is 1. The average Bonchev–Trinajstić information content (AvgIpc) is 3.06. The number of aromatic nitrogens is 1. The number of pyridine rings is 1. The van der Waals surface area contributed by atoms with E-state index in [9.17, 15) is 4.79 Å². The molecule has 2 rings (SSSR count). The number of amides is 1. The van der Waals surface area contributed by atoms with E-state index in [-0.39, 0.29) is 12.0 Å². The Morgan fingerprint density at radius 3 is 2.82 bits per heavy atom. The maximum atomic E-state index is 12.2. The molecular formula is C17H27N3O2. The highest BCUT2D eigenvalue weighted by Gasteiger charge is 2.17. The van der Waals surface area contributed by atoms with Gasteiger partial charge < -0.3 is 15.0 Å². The molecule has 0 radical (unpaired) electrons. The fourth-order valence-electron chi connectivity index (χ4n) is 2.75. The molecule has 122 valence electrons. The summed E-state index contributed by atoms with van der Waals surface area (Å²) in [5, 5.41) is 2.93. The second-order valence-corrected chi connectivity index (χ2v) is 5.73. The number of anilines is 1. The summed E-state index contributed by atoms with van der Waals surface area (Å²) in [5.41, 5.74) is 1.55. The maximum absolute atomic E-state index is 12.2. The summed E-state index contributed by atoms with van der Waals surface area (Å²) in [4.78, 5) is 18.8. The van der Waals surface area contributed by atoms with Crippen LogP contribution >= 0.6 is 0 Å². The van der Waals surface area contributed by atoms with Gasteiger partial charge in [-0.25, -0.2) is 0 Å². The smallest absolute Gasteiger partial charge is 0.270 e. The zero-order chi connectivity index (χ0) is 15.8. The molecule has 1 aromatic rings. The van der Waals surface area contributed by atoms with Crippen molar-refractivity contribution in [1.82, 2.24) is 10.3 Å². The van der Waals surface area contributed by atoms with E-state index in [0.717, 1.165) is 51.1 Å². The van der Waals surface area contributed by atoms with Crippen molar-refractivity contribution in [1.29, 1.82) is 0 Å². The minimum Gasteiger partial charge on any atom is -0.376 e. The number of hydrogen-bond donors (Lipinski definition) is 1. The van der Waals surface area contributed by atoms with Gasteiger partial charge in [0.25, 0.3) is 5.91 Å². The van der Waals surface area contributed by atoms with E-state index in [2.05, 4.69) is 29.0 Å². The second-order valence-electron chi connectivity index (χ2n) is 5.73. The Labute approximate surface area is 133 Å². The zero-order valence-electron chi connectivity index (χ0n) is 13.7. The Morgan fingerprint density at radius 1 is 1.41 bits per heavy atom. The summed E-state index contributed by atoms with van der Waals surface area (Å²) in [6.45, 7) is 7.69. The molecule has 1 aliphatic heterocycles. The minimum atomic E-state index is -0.120. The molecule has 0 aliphatic carbocycles. The molecule has 1 amide bonds. The van der Waals surface area contributed by atoms with E-state index in [0.29, 0.717) is 12.2 Å². The summed E-state index contributed by atoms with van der Waals surface area (Å²) in [5.74, 6) is -0.120. The molecule has 1 fully saturated rings. The topological polar surface area (TPSA) is 54.5 Å². The number of carbonyl (C=O) groups excluding carboxylic acids is 1. The SMILES string of the molecule is CCCN(CCC)c1ccnc(C(=O)NCC2CCCO2)c1. The monoisotopic (exact) mass is 305 g/mol. The highest BCUT2D eigenvalue weighted by Crippen LogP contribution is 2.16. The molecule has 1 N–H and O–H groups in total. The normalized spacial score (nSPS) is 17.5. The maximum Gasteiger partial charge on any atom is 0.270 e. The average molecular weight is 305 g/mol. The quantitative estimate of drug-likeness (QED) is 0.802. The molecule has 22 heavy (non-hydrogen) atoms. The molecule has 1 aromatic heterocycles. The van der Waals surface area contributed by atoms with Crippen molar-refractivity contribution in [3.05, 3.63) is 24.0 Å². The predicted octanol–water partition coefficient (Wildman–Crippen LogP) is 2.62. The predicted molar refractivity (Wildman–Crippen MR) is 88.3 cm³/mol. The summed E-state index contributed by atoms with van der Waals surface area (Å²) in [7, 11) is 0. The van der Waals surface area contributed by atoms with Gasteiger partial charge in [-0.3, -0.25) is 9.78 Å². The summed E-state index contributed by atoms with van der Waals surface area (Å²) < 4.78 is 5.52. The molecule has 5 nitrogen and oxygen atoms in total. The van der Waals surface area contributed by atoms with Crippen LogP contribution in [0.4, 0.5) is 5.69 Å². The third kappa shape index (κ3) is 4.70. The van der Waals surface area contributed by atoms with Crippen LogP contribution < -0.4 is 10.2 Å². The Morgan fingerprint density at radius 2 is 2.18 bits per heavy atom. The van der Waals surface area contributed by atoms with Crippen LogP contribution in [0.5, 0.6) is 0 Å². The first kappa shape index (κ1) is 16.7. The fraction of sp³-hybridized carbons (Fsp3) is 0.647. The van der Waals surface area contributed by atoms with E-state index in [4.69, 9.17) is 4.74 Å². The lowest BCUT2D eigenvalue weighted by Gasteiger charge is -2.24. The first-order valence-corrected chi connectivity index (χ1v) is 8.35. The molecule has 0 spiro atoms. The van der Waals surface area contributed by atoms with Crippen molar-refractivity contribution in [3.8, 4) is 0 Å². The standard InChI is InChI=1S/C17H27N3O2/c1-3-9-20(10-4-2)14-7-8-18-16(12-14)17(21)19-13-15-6-5-11-22-15/h7-8,12,15H,3-6,9-11,13H2,1-2H3,(H,19,21). The molecule has 1 atom stereocenters. The second kappa shape index (κ2) is 8.73. The van der Waals surface area contributed by atoms with E-state index in [1.807, 2.05) is 12.1 Å². The molecule has 1 unspecified atom stereocenters. The largest absolute Gasteiger partial charge is 0.376 e. The van der Waals surface area contributed by atoms with Crippen LogP contribution in [-0.4, -0.2) is 43.2 Å². The number of ether oxygens (including phenoxy) is 1. The van der Waals surface area contributed by atoms with Crippen LogP contribution in [-0.2, 0) is 4.74 Å². The lowest BCUT2D eigenvalue weighted by atomic mass is 10.2. The van der Waals surface area contributed by atoms with Crippen molar-refractivity contribution in [2.45, 2.75) is 45.6 Å². The van der Waals surface area contributed by atoms with E-state index in [1.165, 1.54) is 0 Å². The van der Waals surface area contributed by atoms with Crippen molar-refractivity contribution in [2.75, 3.05) is 31.1 Å². The van der Waals surface area contributed by atoms with Crippen LogP contribution in [0.3, 0.4) is 0 Å². The van der Waals surface area contributed by atoms with Crippen LogP contribution in [0, 0.1) is 0 Å². The van der Waals surface area contributed by atoms with Crippen molar-refractivity contribution >= 4 is 11.6 Å². The van der Waals surface area contributed by atoms with Gasteiger partial charge in [0.2, 0.25) is 0 Å². The lowest BCUT2D eigenvalue weighted by molar-refractivity contribution is 0.0854. The van der Waals surface area contributed by atoms with E-state index >= 15 is 0 Å². The summed E-state index contributed by atoms with van der Waals surface area (Å²) in [6.07, 6.45) is 6.15. The molecule has 0 bridgehead atoms. The van der Waals surface area contributed by atoms with Gasteiger partial charge in [-0.15, -0.1) is 0 Å². The number of rotatable bonds is 8. The molecule has 2 heterocycles. The molecule has 5 heteroatoms. The Kier molecular flexibility index (Phi) is 6.65. The molecule has 0 aromatic carbocycles. The van der Waals surface area contributed by atoms with Crippen LogP contribution in [0.25, 0.3) is 0 Å². The third-order valence-corrected chi connectivity index (χ3v) is 3.84. The van der Waals surface area contributed by atoms with Crippen molar-refractivity contribution in [3.63, 3.8) is 0 Å². The number of hydrogen-bond acceptors (Lipinski definition) is 4. The van der Waals surface area contributed by atoms with Gasteiger partial charge >= 0.3 is 0 Å². The Hall–Kier alpha value is -1.62. The molecular weight excluding hydrogens is 278 g/mol. The number of nitrogens with zero attached hydrogens (tertiary/aromatic N) is 2. The molecule has 1 saturated heterocycles. The van der Waals surface area contributed by atoms with Gasteiger partial charge in [0.1, 0.15) is 5.69 Å². The highest BCUT2D eigenvalue weighted by molar-refractivity contribution is 5.93. The first-order valence-electron chi connectivity index (χ1n) is 8.35. The Balaban J connectivity index is 1.97. The third-order valence-electron chi connectivity index (χ3n) is 3.84. The van der Waals surface area contributed by atoms with Gasteiger partial charge in [0, 0.05) is 38.1 Å². The summed E-state index contributed by atoms with van der Waals surface area (Å²) >= 11 is 0. The first-order chi connectivity index (χ1) is 10.7. The fourth-order valence-corrected chi connectivity index (χ4v) is 2.75. The number of nitrogens with one attached hydrogen (secondary N) is 1. The van der Waals surface area contributed by atoms with Crippen molar-refractivity contribution in [2.24, 2.45) is 0 Å². The molecule has 1 aliphatic rings. The van der Waals surface area contributed by atoms with Crippen LogP contribution in [0.15, 0.2) is 18.3 Å². The van der Waals surface area contributed by atoms with Gasteiger partial charge in [0.15, 0.2) is 0 Å². The lowest BCUT2D eigenvalue weighted by Crippen LogP contribution is -2.32. The van der Waals surface area contributed by atoms with E-state index in [1.54, 1.807) is 6.20 Å². The Bertz CT molecular complexity index is 467. The van der Waals surface area contributed by atoms with E-state index < -0.39 is 0 Å². The van der Waals surface area contributed by atoms with Crippen molar-refractivity contribution < 1.29 is 9.53 Å².